The summed E-state index contributed by atoms with van der Waals surface area (Å²) >= 11 is 0. The van der Waals surface area contributed by atoms with Gasteiger partial charge in [-0.25, -0.2) is 0 Å². The second kappa shape index (κ2) is 22.4. The van der Waals surface area contributed by atoms with Gasteiger partial charge in [0.15, 0.2) is 0 Å². The Kier molecular flexibility index (Phi) is 61.6. The van der Waals surface area contributed by atoms with Crippen LogP contribution in [-0.4, -0.2) is 11.6 Å². The van der Waals surface area contributed by atoms with E-state index in [9.17, 15) is 9.59 Å². The Balaban J connectivity index is -0.0000000171. The summed E-state index contributed by atoms with van der Waals surface area (Å²) in [4.78, 5) is 18.7. The molecule has 0 aromatic carbocycles. The first-order chi connectivity index (χ1) is 3.46. The van der Waals surface area contributed by atoms with Crippen molar-refractivity contribution >= 4 is 11.6 Å². The first-order valence-corrected chi connectivity index (χ1v) is 2.12. The molecule has 0 aromatic heterocycles. The van der Waals surface area contributed by atoms with Gasteiger partial charge >= 0.3 is 20.4 Å². The van der Waals surface area contributed by atoms with E-state index in [1.165, 1.54) is 13.8 Å². The molecule has 0 spiro atoms. The number of hydrogen-bond acceptors (Lipinski definition) is 2. The van der Waals surface area contributed by atoms with E-state index in [0.29, 0.717) is 0 Å². The van der Waals surface area contributed by atoms with Crippen molar-refractivity contribution in [3.8, 4) is 0 Å². The Labute approximate surface area is 94.0 Å². The summed E-state index contributed by atoms with van der Waals surface area (Å²) in [7, 11) is 0. The van der Waals surface area contributed by atoms with Crippen molar-refractivity contribution in [3.63, 3.8) is 0 Å². The normalized spacial score (nSPS) is 4.55. The van der Waals surface area contributed by atoms with Crippen LogP contribution in [0.15, 0.2) is 0 Å². The molecule has 0 saturated heterocycles. The Morgan fingerprint density at radius 2 is 0.909 bits per heavy atom. The average molecular weight is 291 g/mol. The Morgan fingerprint density at radius 3 is 0.909 bits per heavy atom. The summed E-state index contributed by atoms with van der Waals surface area (Å²) in [5, 5.41) is 0. The summed E-state index contributed by atoms with van der Waals surface area (Å²) in [5.74, 6) is -0.167. The number of carbonyl (C=O) groups excluding carboxylic acids is 2. The summed E-state index contributed by atoms with van der Waals surface area (Å²) < 4.78 is 0. The molecular formula is C6H10Cl2O2Pd-2. The Bertz CT molecular complexity index is 76.6. The minimum absolute atomic E-state index is 0. The van der Waals surface area contributed by atoms with Gasteiger partial charge in [0.1, 0.15) is 0 Å². The Morgan fingerprint density at radius 1 is 0.909 bits per heavy atom. The SMILES string of the molecule is [CH2-]C(C)=O.[CH2-]C(C)=O.[Cl-].[Cl-].[Pd+2]. The molecule has 0 aromatic rings. The molecule has 0 fully saturated rings. The smallest absolute Gasteiger partial charge is 1.00 e. The van der Waals surface area contributed by atoms with Gasteiger partial charge in [0.05, 0.1) is 0 Å². The van der Waals surface area contributed by atoms with Crippen LogP contribution < -0.4 is 24.8 Å². The molecule has 72 valence electrons. The summed E-state index contributed by atoms with van der Waals surface area (Å²) in [6, 6.07) is 0. The second-order valence-corrected chi connectivity index (χ2v) is 1.40. The van der Waals surface area contributed by atoms with Crippen molar-refractivity contribution in [1.29, 1.82) is 0 Å². The summed E-state index contributed by atoms with van der Waals surface area (Å²) in [6.45, 7) is 8.83. The van der Waals surface area contributed by atoms with E-state index in [1.54, 1.807) is 0 Å². The van der Waals surface area contributed by atoms with Gasteiger partial charge in [-0.3, -0.25) is 0 Å². The van der Waals surface area contributed by atoms with Crippen molar-refractivity contribution in [1.82, 2.24) is 0 Å². The van der Waals surface area contributed by atoms with Crippen LogP contribution in [0.2, 0.25) is 0 Å². The van der Waals surface area contributed by atoms with Crippen LogP contribution in [0.5, 0.6) is 0 Å². The molecule has 0 aliphatic carbocycles. The quantitative estimate of drug-likeness (QED) is 0.330. The molecule has 0 aliphatic heterocycles. The zero-order chi connectivity index (χ0) is 7.15. The van der Waals surface area contributed by atoms with Crippen molar-refractivity contribution in [2.75, 3.05) is 0 Å². The molecule has 5 heteroatoms. The van der Waals surface area contributed by atoms with Crippen LogP contribution in [0.4, 0.5) is 0 Å². The van der Waals surface area contributed by atoms with Gasteiger partial charge in [-0.2, -0.15) is 0 Å². The minimum atomic E-state index is -0.0833. The van der Waals surface area contributed by atoms with Gasteiger partial charge < -0.3 is 48.3 Å². The molecule has 0 N–H and O–H groups in total. The number of Topliss-reactive ketones (excluding diaryl/α,β-unsaturated/α-hetero) is 2. The molecule has 0 aliphatic rings. The minimum Gasteiger partial charge on any atom is -1.00 e. The van der Waals surface area contributed by atoms with Crippen molar-refractivity contribution in [2.24, 2.45) is 0 Å². The third-order valence-corrected chi connectivity index (χ3v) is 0. The zero-order valence-corrected chi connectivity index (χ0v) is 9.37. The van der Waals surface area contributed by atoms with E-state index in [2.05, 4.69) is 13.8 Å². The van der Waals surface area contributed by atoms with Crippen LogP contribution in [-0.2, 0) is 30.0 Å². The molecule has 0 unspecified atom stereocenters. The monoisotopic (exact) mass is 290 g/mol. The van der Waals surface area contributed by atoms with Crippen molar-refractivity contribution < 1.29 is 54.8 Å². The van der Waals surface area contributed by atoms with Gasteiger partial charge in [0.25, 0.3) is 0 Å². The van der Waals surface area contributed by atoms with Crippen LogP contribution in [0, 0.1) is 13.8 Å². The predicted octanol–water partition coefficient (Wildman–Crippen LogP) is -5.18. The van der Waals surface area contributed by atoms with Gasteiger partial charge in [0.2, 0.25) is 0 Å². The van der Waals surface area contributed by atoms with E-state index in [1.807, 2.05) is 0 Å². The number of rotatable bonds is 0. The second-order valence-electron chi connectivity index (χ2n) is 1.40. The number of carbonyl (C=O) groups is 2. The van der Waals surface area contributed by atoms with Gasteiger partial charge in [-0.15, -0.1) is 0 Å². The fourth-order valence-corrected chi connectivity index (χ4v) is 0. The zero-order valence-electron chi connectivity index (χ0n) is 6.30. The molecule has 0 bridgehead atoms. The molecule has 0 amide bonds. The van der Waals surface area contributed by atoms with E-state index < -0.39 is 0 Å². The maximum absolute atomic E-state index is 9.33. The van der Waals surface area contributed by atoms with Crippen LogP contribution in [0.1, 0.15) is 13.8 Å². The fourth-order valence-electron chi connectivity index (χ4n) is 0. The van der Waals surface area contributed by atoms with Crippen LogP contribution >= 0.6 is 0 Å². The largest absolute Gasteiger partial charge is 2.00 e. The first kappa shape index (κ1) is 30.2. The van der Waals surface area contributed by atoms with Gasteiger partial charge in [-0.05, 0) is 25.4 Å². The van der Waals surface area contributed by atoms with E-state index in [-0.39, 0.29) is 56.8 Å². The molecular weight excluding hydrogens is 281 g/mol. The number of hydrogen-bond donors (Lipinski definition) is 0. The predicted molar refractivity (Wildman–Crippen MR) is 32.1 cm³/mol. The standard InChI is InChI=1S/2C3H5O.2ClH.Pd/c2*1-3(2)4;;;/h2*1H2,2H3;2*1H;/q2*-1;;;+2/p-2. The van der Waals surface area contributed by atoms with Crippen molar-refractivity contribution in [3.05, 3.63) is 13.8 Å². The van der Waals surface area contributed by atoms with Crippen LogP contribution in [0.25, 0.3) is 0 Å². The Hall–Kier alpha value is 0.322. The van der Waals surface area contributed by atoms with E-state index >= 15 is 0 Å². The molecule has 2 nitrogen and oxygen atoms in total. The van der Waals surface area contributed by atoms with E-state index in [0.717, 1.165) is 0 Å². The molecule has 0 atom stereocenters. The molecule has 0 heterocycles. The molecule has 0 rings (SSSR count). The summed E-state index contributed by atoms with van der Waals surface area (Å²) in [5.41, 5.74) is 0. The number of halogens is 2. The van der Waals surface area contributed by atoms with Crippen molar-refractivity contribution in [2.45, 2.75) is 13.8 Å². The maximum Gasteiger partial charge on any atom is 2.00 e. The molecule has 0 radical (unpaired) electrons. The van der Waals surface area contributed by atoms with Crippen LogP contribution in [0.3, 0.4) is 0 Å². The van der Waals surface area contributed by atoms with Gasteiger partial charge in [-0.1, -0.05) is 0 Å². The third kappa shape index (κ3) is 6880. The molecule has 11 heavy (non-hydrogen) atoms. The van der Waals surface area contributed by atoms with E-state index in [4.69, 9.17) is 0 Å². The fraction of sp³-hybridized carbons (Fsp3) is 0.333. The number of ketones is 2. The average Bonchev–Trinajstić information content (AvgIpc) is 1.25. The maximum atomic E-state index is 9.33. The third-order valence-electron chi connectivity index (χ3n) is 0. The topological polar surface area (TPSA) is 34.1 Å². The van der Waals surface area contributed by atoms with Gasteiger partial charge in [0, 0.05) is 0 Å². The summed E-state index contributed by atoms with van der Waals surface area (Å²) in [6.07, 6.45) is 0. The first-order valence-electron chi connectivity index (χ1n) is 2.12. The molecule has 0 saturated carbocycles.